The lowest BCUT2D eigenvalue weighted by atomic mass is 9.98. The normalized spacial score (nSPS) is 22.4. The Labute approximate surface area is 317 Å². The molecule has 2 amide bonds. The molecule has 278 valence electrons. The van der Waals surface area contributed by atoms with Gasteiger partial charge in [0.15, 0.2) is 12.1 Å². The van der Waals surface area contributed by atoms with E-state index in [9.17, 15) is 25.1 Å². The van der Waals surface area contributed by atoms with Crippen molar-refractivity contribution in [3.63, 3.8) is 0 Å². The number of amides is 2. The fraction of sp³-hybridized carbons (Fsp3) is 0.289. The topological polar surface area (TPSA) is 125 Å². The zero-order valence-corrected chi connectivity index (χ0v) is 30.6. The van der Waals surface area contributed by atoms with Gasteiger partial charge in [-0.2, -0.15) is 0 Å². The first kappa shape index (κ1) is 37.0. The number of carbonyl (C=O) groups excluding carboxylic acids is 2. The van der Waals surface area contributed by atoms with Crippen molar-refractivity contribution >= 4 is 11.8 Å². The molecule has 7 rings (SSSR count). The van der Waals surface area contributed by atoms with Crippen LogP contribution in [0.15, 0.2) is 133 Å². The Balaban J connectivity index is 1.10. The first-order valence-electron chi connectivity index (χ1n) is 18.9. The summed E-state index contributed by atoms with van der Waals surface area (Å²) in [5, 5.41) is 47.3. The van der Waals surface area contributed by atoms with Gasteiger partial charge in [-0.25, -0.2) is 0 Å². The molecule has 9 heteroatoms. The van der Waals surface area contributed by atoms with Crippen molar-refractivity contribution in [2.45, 2.75) is 69.9 Å². The summed E-state index contributed by atoms with van der Waals surface area (Å²) in [7, 11) is 0. The van der Waals surface area contributed by atoms with Crippen LogP contribution in [0.3, 0.4) is 0 Å². The molecule has 2 saturated heterocycles. The summed E-state index contributed by atoms with van der Waals surface area (Å²) < 4.78 is -1.61. The van der Waals surface area contributed by atoms with E-state index in [1.54, 1.807) is 12.1 Å². The quantitative estimate of drug-likeness (QED) is 0.0910. The van der Waals surface area contributed by atoms with Crippen molar-refractivity contribution < 1.29 is 24.0 Å². The Morgan fingerprint density at radius 2 is 0.926 bits per heavy atom. The highest BCUT2D eigenvalue weighted by Gasteiger charge is 2.44. The molecule has 0 saturated carbocycles. The number of likely N-dealkylation sites (tertiary alicyclic amines) is 2. The molecular formula is C45H48N4O5. The van der Waals surface area contributed by atoms with Gasteiger partial charge in [0.05, 0.1) is 25.2 Å². The molecule has 2 heterocycles. The summed E-state index contributed by atoms with van der Waals surface area (Å²) in [5.41, 5.74) is 5.26. The predicted octanol–water partition coefficient (Wildman–Crippen LogP) is 7.47. The van der Waals surface area contributed by atoms with Gasteiger partial charge in [-0.3, -0.25) is 9.59 Å². The van der Waals surface area contributed by atoms with Gasteiger partial charge in [0, 0.05) is 36.8 Å². The van der Waals surface area contributed by atoms with E-state index >= 15 is 0 Å². The summed E-state index contributed by atoms with van der Waals surface area (Å²) in [6.07, 6.45) is 2.00. The highest BCUT2D eigenvalue weighted by molar-refractivity contribution is 5.82. The van der Waals surface area contributed by atoms with Gasteiger partial charge < -0.3 is 35.4 Å². The molecule has 9 nitrogen and oxygen atoms in total. The molecule has 4 atom stereocenters. The molecule has 0 aliphatic carbocycles. The number of hydrogen-bond donors (Lipinski definition) is 3. The van der Waals surface area contributed by atoms with Crippen molar-refractivity contribution in [2.24, 2.45) is 0 Å². The first-order valence-corrected chi connectivity index (χ1v) is 18.9. The maximum absolute atomic E-state index is 14.6. The number of hydroxylamine groups is 6. The third kappa shape index (κ3) is 7.95. The van der Waals surface area contributed by atoms with Crippen LogP contribution in [0.25, 0.3) is 0 Å². The van der Waals surface area contributed by atoms with Crippen molar-refractivity contribution in [3.05, 3.63) is 183 Å². The van der Waals surface area contributed by atoms with E-state index in [1.807, 2.05) is 128 Å². The molecule has 5 aromatic rings. The van der Waals surface area contributed by atoms with E-state index in [2.05, 4.69) is 10.6 Å². The minimum Gasteiger partial charge on any atom is -0.632 e. The smallest absolute Gasteiger partial charge is 0.279 e. The van der Waals surface area contributed by atoms with Gasteiger partial charge in [0.1, 0.15) is 18.8 Å². The van der Waals surface area contributed by atoms with E-state index in [1.165, 1.54) is 0 Å². The van der Waals surface area contributed by atoms with E-state index < -0.39 is 33.5 Å². The monoisotopic (exact) mass is 724 g/mol. The number of nitrogens with one attached hydrogen (secondary N) is 2. The Bertz CT molecular complexity index is 1830. The summed E-state index contributed by atoms with van der Waals surface area (Å²) in [4.78, 5) is 28.0. The Hall–Kier alpha value is -5.32. The van der Waals surface area contributed by atoms with Crippen molar-refractivity contribution in [2.75, 3.05) is 13.1 Å². The Morgan fingerprint density at radius 3 is 1.24 bits per heavy atom. The van der Waals surface area contributed by atoms with E-state index in [-0.39, 0.29) is 43.7 Å². The minimum absolute atomic E-state index is 0.113. The van der Waals surface area contributed by atoms with Gasteiger partial charge in [-0.1, -0.05) is 121 Å². The molecule has 5 aromatic carbocycles. The number of aromatic hydroxyl groups is 1. The van der Waals surface area contributed by atoms with Crippen LogP contribution >= 0.6 is 0 Å². The second-order valence-corrected chi connectivity index (χ2v) is 14.9. The molecule has 54 heavy (non-hydrogen) atoms. The van der Waals surface area contributed by atoms with Gasteiger partial charge >= 0.3 is 0 Å². The summed E-state index contributed by atoms with van der Waals surface area (Å²) in [6.45, 7) is 2.11. The van der Waals surface area contributed by atoms with Gasteiger partial charge in [0.2, 0.25) is 0 Å². The fourth-order valence-electron chi connectivity index (χ4n) is 8.48. The molecular weight excluding hydrogens is 677 g/mol. The predicted molar refractivity (Wildman–Crippen MR) is 209 cm³/mol. The van der Waals surface area contributed by atoms with Crippen LogP contribution in [0.5, 0.6) is 5.75 Å². The molecule has 0 unspecified atom stereocenters. The second-order valence-electron chi connectivity index (χ2n) is 14.9. The molecule has 2 aliphatic heterocycles. The number of quaternary nitrogens is 2. The van der Waals surface area contributed by atoms with Crippen LogP contribution < -0.4 is 10.6 Å². The third-order valence-electron chi connectivity index (χ3n) is 11.2. The number of nitrogens with zero attached hydrogens (tertiary/aromatic N) is 2. The maximum Gasteiger partial charge on any atom is 0.279 e. The van der Waals surface area contributed by atoms with Crippen LogP contribution in [0, 0.1) is 17.3 Å². The van der Waals surface area contributed by atoms with E-state index in [0.29, 0.717) is 36.8 Å². The fourth-order valence-corrected chi connectivity index (χ4v) is 8.48. The molecule has 2 fully saturated rings. The van der Waals surface area contributed by atoms with Crippen LogP contribution in [0.4, 0.5) is 0 Å². The zero-order chi connectivity index (χ0) is 37.7. The third-order valence-corrected chi connectivity index (χ3v) is 11.2. The number of rotatable bonds is 12. The van der Waals surface area contributed by atoms with Crippen molar-refractivity contribution in [3.8, 4) is 5.75 Å². The van der Waals surface area contributed by atoms with Gasteiger partial charge in [-0.05, 0) is 46.9 Å². The number of aryl methyl sites for hydroxylation is 1. The van der Waals surface area contributed by atoms with E-state index in [0.717, 1.165) is 27.8 Å². The molecule has 0 spiro atoms. The van der Waals surface area contributed by atoms with Crippen molar-refractivity contribution in [1.82, 2.24) is 10.6 Å². The second kappa shape index (κ2) is 16.0. The lowest BCUT2D eigenvalue weighted by molar-refractivity contribution is -0.897. The average molecular weight is 725 g/mol. The lowest BCUT2D eigenvalue weighted by Gasteiger charge is -2.45. The Kier molecular flexibility index (Phi) is 10.9. The highest BCUT2D eigenvalue weighted by atomic mass is 16.6. The summed E-state index contributed by atoms with van der Waals surface area (Å²) in [6, 6.07) is 39.8. The van der Waals surface area contributed by atoms with Crippen LogP contribution in [0.2, 0.25) is 0 Å². The number of phenols is 1. The summed E-state index contributed by atoms with van der Waals surface area (Å²) >= 11 is 0. The molecule has 0 radical (unpaired) electrons. The number of carbonyl (C=O) groups is 2. The Morgan fingerprint density at radius 1 is 0.611 bits per heavy atom. The maximum atomic E-state index is 14.6. The standard InChI is InChI=1S/C45H48N4O5/c1-32-28-37(30-48(53)26-14-24-39(48)44(51)46-41(33-16-6-2-7-17-33)34-18-8-3-9-19-34)43(50)38(29-32)31-49(54)27-15-25-40(49)45(52)47-42(35-20-10-4-11-21-35)36-22-12-5-13-23-36/h2-13,16-23,28-29,39-42,50H,14-15,24-27,30-31H2,1H3,(H,46,51)(H,47,52)/t39-,40-,48+,49+/m1/s1. The average Bonchev–Trinajstić information content (AvgIpc) is 3.77. The van der Waals surface area contributed by atoms with Crippen LogP contribution in [-0.2, 0) is 22.7 Å². The van der Waals surface area contributed by atoms with Gasteiger partial charge in [0.25, 0.3) is 11.8 Å². The number of hydrogen-bond acceptors (Lipinski definition) is 5. The van der Waals surface area contributed by atoms with Crippen LogP contribution in [0.1, 0.15) is 76.7 Å². The molecule has 0 bridgehead atoms. The van der Waals surface area contributed by atoms with Crippen molar-refractivity contribution in [1.29, 1.82) is 0 Å². The largest absolute Gasteiger partial charge is 0.632 e. The SMILES string of the molecule is Cc1cc(C[N@@+]2([O-])CCC[C@@H]2C(=O)NC(c2ccccc2)c2ccccc2)c(O)c(C[N@@+]2([O-])CCC[C@@H]2C(=O)NC(c2ccccc2)c2ccccc2)c1. The summed E-state index contributed by atoms with van der Waals surface area (Å²) in [5.74, 6) is -0.768. The zero-order valence-electron chi connectivity index (χ0n) is 30.6. The number of phenolic OH excluding ortho intramolecular Hbond substituents is 1. The minimum atomic E-state index is -0.866. The first-order chi connectivity index (χ1) is 26.1. The number of benzene rings is 5. The van der Waals surface area contributed by atoms with Crippen LogP contribution in [-0.4, -0.2) is 51.4 Å². The van der Waals surface area contributed by atoms with E-state index in [4.69, 9.17) is 0 Å². The lowest BCUT2D eigenvalue weighted by Crippen LogP contribution is -2.54. The molecule has 2 aliphatic rings. The molecule has 3 N–H and O–H groups in total. The highest BCUT2D eigenvalue weighted by Crippen LogP contribution is 2.38. The van der Waals surface area contributed by atoms with Gasteiger partial charge in [-0.15, -0.1) is 0 Å². The molecule has 0 aromatic heterocycles.